The zero-order valence-electron chi connectivity index (χ0n) is 16.4. The van der Waals surface area contributed by atoms with Crippen molar-refractivity contribution in [2.24, 2.45) is 0 Å². The van der Waals surface area contributed by atoms with Crippen LogP contribution < -0.4 is 14.8 Å². The van der Waals surface area contributed by atoms with E-state index in [1.54, 1.807) is 29.2 Å². The van der Waals surface area contributed by atoms with Gasteiger partial charge >= 0.3 is 0 Å². The number of ether oxygens (including phenoxy) is 2. The first-order chi connectivity index (χ1) is 14.1. The molecule has 0 aliphatic carbocycles. The average Bonchev–Trinajstić information content (AvgIpc) is 2.74. The Balaban J connectivity index is 1.45. The summed E-state index contributed by atoms with van der Waals surface area (Å²) < 4.78 is 24.9. The fourth-order valence-corrected chi connectivity index (χ4v) is 3.29. The molecule has 2 aromatic carbocycles. The second-order valence-electron chi connectivity index (χ2n) is 6.78. The Bertz CT molecular complexity index is 850. The number of hydrogen-bond donors (Lipinski definition) is 1. The first kappa shape index (κ1) is 20.6. The minimum atomic E-state index is -0.516. The second kappa shape index (κ2) is 9.91. The van der Waals surface area contributed by atoms with Crippen LogP contribution in [0.25, 0.3) is 0 Å². The van der Waals surface area contributed by atoms with Crippen molar-refractivity contribution in [1.29, 1.82) is 0 Å². The Morgan fingerprint density at radius 2 is 1.66 bits per heavy atom. The molecule has 1 N–H and O–H groups in total. The van der Waals surface area contributed by atoms with E-state index in [2.05, 4.69) is 5.32 Å². The number of piperidine rings is 1. The lowest BCUT2D eigenvalue weighted by molar-refractivity contribution is -0.124. The summed E-state index contributed by atoms with van der Waals surface area (Å²) in [5.74, 6) is 0.0638. The summed E-state index contributed by atoms with van der Waals surface area (Å²) in [7, 11) is 0. The van der Waals surface area contributed by atoms with Crippen LogP contribution in [0.15, 0.2) is 48.5 Å². The highest BCUT2D eigenvalue weighted by molar-refractivity contribution is 5.94. The van der Waals surface area contributed by atoms with Gasteiger partial charge < -0.3 is 19.7 Å². The van der Waals surface area contributed by atoms with E-state index in [-0.39, 0.29) is 30.0 Å². The molecule has 2 amide bonds. The van der Waals surface area contributed by atoms with Crippen molar-refractivity contribution in [3.8, 4) is 11.5 Å². The van der Waals surface area contributed by atoms with E-state index < -0.39 is 5.82 Å². The predicted molar refractivity (Wildman–Crippen MR) is 107 cm³/mol. The van der Waals surface area contributed by atoms with E-state index >= 15 is 0 Å². The molecule has 0 aromatic heterocycles. The van der Waals surface area contributed by atoms with Crippen molar-refractivity contribution in [3.05, 3.63) is 59.9 Å². The Labute approximate surface area is 169 Å². The molecule has 3 rings (SSSR count). The summed E-state index contributed by atoms with van der Waals surface area (Å²) in [5.41, 5.74) is 0.0800. The fourth-order valence-electron chi connectivity index (χ4n) is 3.29. The molecule has 154 valence electrons. The van der Waals surface area contributed by atoms with Gasteiger partial charge in [-0.1, -0.05) is 24.3 Å². The predicted octanol–water partition coefficient (Wildman–Crippen LogP) is 3.02. The molecule has 2 aromatic rings. The number of carbonyl (C=O) groups excluding carboxylic acids is 2. The third kappa shape index (κ3) is 5.47. The normalized spacial score (nSPS) is 14.3. The van der Waals surface area contributed by atoms with Gasteiger partial charge in [0.05, 0.1) is 12.2 Å². The van der Waals surface area contributed by atoms with Gasteiger partial charge in [0.15, 0.2) is 18.1 Å². The molecule has 1 fully saturated rings. The van der Waals surface area contributed by atoms with Crippen LogP contribution in [0.3, 0.4) is 0 Å². The van der Waals surface area contributed by atoms with Gasteiger partial charge in [-0.2, -0.15) is 0 Å². The van der Waals surface area contributed by atoms with Crippen LogP contribution in [-0.2, 0) is 4.79 Å². The smallest absolute Gasteiger partial charge is 0.258 e. The van der Waals surface area contributed by atoms with Gasteiger partial charge in [0.2, 0.25) is 0 Å². The number of amides is 2. The average molecular weight is 400 g/mol. The molecule has 1 aliphatic rings. The van der Waals surface area contributed by atoms with E-state index in [4.69, 9.17) is 9.47 Å². The molecule has 1 heterocycles. The van der Waals surface area contributed by atoms with Gasteiger partial charge in [-0.05, 0) is 44.0 Å². The number of rotatable bonds is 7. The number of nitrogens with zero attached hydrogens (tertiary/aromatic N) is 1. The first-order valence-corrected chi connectivity index (χ1v) is 9.76. The van der Waals surface area contributed by atoms with Gasteiger partial charge in [0.25, 0.3) is 11.8 Å². The summed E-state index contributed by atoms with van der Waals surface area (Å²) in [6.07, 6.45) is 1.23. The molecule has 0 unspecified atom stereocenters. The summed E-state index contributed by atoms with van der Waals surface area (Å²) in [6, 6.07) is 13.1. The summed E-state index contributed by atoms with van der Waals surface area (Å²) in [5, 5.41) is 2.93. The number of carbonyl (C=O) groups is 2. The lowest BCUT2D eigenvalue weighted by Gasteiger charge is -2.32. The van der Waals surface area contributed by atoms with E-state index in [1.807, 2.05) is 19.1 Å². The van der Waals surface area contributed by atoms with Crippen LogP contribution in [0.5, 0.6) is 11.5 Å². The lowest BCUT2D eigenvalue weighted by Crippen LogP contribution is -2.47. The number of para-hydroxylation sites is 2. The maximum atomic E-state index is 13.8. The van der Waals surface area contributed by atoms with Gasteiger partial charge in [-0.3, -0.25) is 9.59 Å². The van der Waals surface area contributed by atoms with Gasteiger partial charge in [-0.25, -0.2) is 4.39 Å². The molecule has 7 heteroatoms. The number of likely N-dealkylation sites (tertiary alicyclic amines) is 1. The largest absolute Gasteiger partial charge is 0.490 e. The Morgan fingerprint density at radius 1 is 1.03 bits per heavy atom. The second-order valence-corrected chi connectivity index (χ2v) is 6.78. The van der Waals surface area contributed by atoms with Gasteiger partial charge in [0, 0.05) is 19.1 Å². The molecular formula is C22H25FN2O4. The standard InChI is InChI=1S/C22H25FN2O4/c1-2-28-19-9-5-6-10-20(19)29-15-21(26)24-16-11-13-25(14-12-16)22(27)17-7-3-4-8-18(17)23/h3-10,16H,2,11-15H2,1H3,(H,24,26). The monoisotopic (exact) mass is 400 g/mol. The van der Waals surface area contributed by atoms with Crippen molar-refractivity contribution >= 4 is 11.8 Å². The zero-order chi connectivity index (χ0) is 20.6. The number of hydrogen-bond acceptors (Lipinski definition) is 4. The van der Waals surface area contributed by atoms with Gasteiger partial charge in [0.1, 0.15) is 5.82 Å². The highest BCUT2D eigenvalue weighted by Crippen LogP contribution is 2.26. The van der Waals surface area contributed by atoms with E-state index in [1.165, 1.54) is 12.1 Å². The molecule has 0 bridgehead atoms. The van der Waals surface area contributed by atoms with Crippen LogP contribution in [-0.4, -0.2) is 49.1 Å². The molecule has 29 heavy (non-hydrogen) atoms. The molecule has 0 radical (unpaired) electrons. The van der Waals surface area contributed by atoms with E-state index in [0.717, 1.165) is 0 Å². The zero-order valence-corrected chi connectivity index (χ0v) is 16.4. The molecule has 0 atom stereocenters. The number of halogens is 1. The molecule has 1 aliphatic heterocycles. The molecule has 6 nitrogen and oxygen atoms in total. The third-order valence-electron chi connectivity index (χ3n) is 4.76. The van der Waals surface area contributed by atoms with Crippen LogP contribution in [0.2, 0.25) is 0 Å². The quantitative estimate of drug-likeness (QED) is 0.776. The lowest BCUT2D eigenvalue weighted by atomic mass is 10.0. The summed E-state index contributed by atoms with van der Waals surface area (Å²) in [4.78, 5) is 26.3. The highest BCUT2D eigenvalue weighted by Gasteiger charge is 2.26. The maximum absolute atomic E-state index is 13.8. The topological polar surface area (TPSA) is 67.9 Å². The van der Waals surface area contributed by atoms with Crippen molar-refractivity contribution in [2.45, 2.75) is 25.8 Å². The Kier molecular flexibility index (Phi) is 7.05. The van der Waals surface area contributed by atoms with E-state index in [9.17, 15) is 14.0 Å². The summed E-state index contributed by atoms with van der Waals surface area (Å²) >= 11 is 0. The number of benzene rings is 2. The minimum Gasteiger partial charge on any atom is -0.490 e. The fraction of sp³-hybridized carbons (Fsp3) is 0.364. The van der Waals surface area contributed by atoms with Crippen molar-refractivity contribution < 1.29 is 23.5 Å². The first-order valence-electron chi connectivity index (χ1n) is 9.76. The van der Waals surface area contributed by atoms with Crippen molar-refractivity contribution in [1.82, 2.24) is 10.2 Å². The van der Waals surface area contributed by atoms with Crippen molar-refractivity contribution in [3.63, 3.8) is 0 Å². The SMILES string of the molecule is CCOc1ccccc1OCC(=O)NC1CCN(C(=O)c2ccccc2F)CC1. The van der Waals surface area contributed by atoms with Crippen LogP contribution >= 0.6 is 0 Å². The van der Waals surface area contributed by atoms with Crippen LogP contribution in [0.4, 0.5) is 4.39 Å². The minimum absolute atomic E-state index is 0.0436. The molecule has 0 saturated carbocycles. The number of nitrogens with one attached hydrogen (secondary N) is 1. The van der Waals surface area contributed by atoms with Crippen LogP contribution in [0.1, 0.15) is 30.1 Å². The Morgan fingerprint density at radius 3 is 2.31 bits per heavy atom. The molecule has 1 saturated heterocycles. The maximum Gasteiger partial charge on any atom is 0.258 e. The van der Waals surface area contributed by atoms with Gasteiger partial charge in [-0.15, -0.1) is 0 Å². The highest BCUT2D eigenvalue weighted by atomic mass is 19.1. The van der Waals surface area contributed by atoms with Crippen molar-refractivity contribution in [2.75, 3.05) is 26.3 Å². The third-order valence-corrected chi connectivity index (χ3v) is 4.76. The van der Waals surface area contributed by atoms with Crippen LogP contribution in [0, 0.1) is 5.82 Å². The molecular weight excluding hydrogens is 375 g/mol. The summed E-state index contributed by atoms with van der Waals surface area (Å²) in [6.45, 7) is 3.21. The molecule has 0 spiro atoms. The Hall–Kier alpha value is -3.09. The van der Waals surface area contributed by atoms with E-state index in [0.29, 0.717) is 44.0 Å².